The molecule has 1 saturated heterocycles. The van der Waals surface area contributed by atoms with Gasteiger partial charge in [-0.1, -0.05) is 20.8 Å². The molecule has 0 radical (unpaired) electrons. The first-order valence-corrected chi connectivity index (χ1v) is 8.69. The van der Waals surface area contributed by atoms with Crippen LogP contribution < -0.4 is 5.32 Å². The van der Waals surface area contributed by atoms with Crippen molar-refractivity contribution in [3.8, 4) is 0 Å². The van der Waals surface area contributed by atoms with Crippen LogP contribution in [0.15, 0.2) is 14.3 Å². The van der Waals surface area contributed by atoms with Crippen LogP contribution in [0.5, 0.6) is 0 Å². The second-order valence-electron chi connectivity index (χ2n) is 5.82. The van der Waals surface area contributed by atoms with Crippen molar-refractivity contribution >= 4 is 68.0 Å². The van der Waals surface area contributed by atoms with Gasteiger partial charge in [0.25, 0.3) is 0 Å². The van der Waals surface area contributed by atoms with Gasteiger partial charge >= 0.3 is 0 Å². The second-order valence-corrected chi connectivity index (χ2v) is 9.08. The summed E-state index contributed by atoms with van der Waals surface area (Å²) in [6.45, 7) is 11.5. The number of hydrogen-bond acceptors (Lipinski definition) is 3. The van der Waals surface area contributed by atoms with E-state index in [9.17, 15) is 0 Å². The number of nitrogens with zero attached hydrogens (tertiary/aromatic N) is 1. The Morgan fingerprint density at radius 1 is 1.20 bits per heavy atom. The Morgan fingerprint density at radius 3 is 2.15 bits per heavy atom. The molecule has 7 heteroatoms. The summed E-state index contributed by atoms with van der Waals surface area (Å²) in [5, 5.41) is 3.43. The van der Waals surface area contributed by atoms with Crippen LogP contribution in [0.1, 0.15) is 31.7 Å². The molecule has 0 spiro atoms. The summed E-state index contributed by atoms with van der Waals surface area (Å²) >= 11 is 9.07. The number of rotatable bonds is 2. The Bertz CT molecular complexity index is 395. The molecule has 0 saturated carbocycles. The van der Waals surface area contributed by atoms with Gasteiger partial charge in [0, 0.05) is 41.6 Å². The number of nitrogens with one attached hydrogen (secondary N) is 1. The Morgan fingerprint density at radius 2 is 1.75 bits per heavy atom. The van der Waals surface area contributed by atoms with E-state index in [1.165, 1.54) is 13.1 Å². The standard InChI is InChI=1S/C13H20Br2N2S.2ClH/c1-13(2,3)11(17-6-4-16-5-7-17)10-8-9(14)12(15)18-10;;/h8,11,16H,4-7H2,1-3H3;2*1H/t11-;;/m0../s1. The van der Waals surface area contributed by atoms with E-state index in [-0.39, 0.29) is 30.2 Å². The third kappa shape index (κ3) is 5.11. The minimum atomic E-state index is 0. The molecule has 1 N–H and O–H groups in total. The molecule has 1 aliphatic rings. The SMILES string of the molecule is CC(C)(C)[C@H](c1cc(Br)c(Br)s1)N1CCNCC1.Cl.Cl. The van der Waals surface area contributed by atoms with Crippen molar-refractivity contribution < 1.29 is 0 Å². The van der Waals surface area contributed by atoms with E-state index in [1.54, 1.807) is 0 Å². The number of halogens is 4. The molecule has 118 valence electrons. The summed E-state index contributed by atoms with van der Waals surface area (Å²) < 4.78 is 2.37. The lowest BCUT2D eigenvalue weighted by Gasteiger charge is -2.41. The smallest absolute Gasteiger partial charge is 0.0843 e. The van der Waals surface area contributed by atoms with Crippen LogP contribution >= 0.6 is 68.0 Å². The molecule has 1 aromatic rings. The first kappa shape index (κ1) is 21.2. The lowest BCUT2D eigenvalue weighted by atomic mass is 9.84. The zero-order chi connectivity index (χ0) is 13.3. The van der Waals surface area contributed by atoms with Crippen LogP contribution in [0.4, 0.5) is 0 Å². The van der Waals surface area contributed by atoms with Crippen molar-refractivity contribution in [1.82, 2.24) is 10.2 Å². The summed E-state index contributed by atoms with van der Waals surface area (Å²) in [6.07, 6.45) is 0. The molecule has 2 rings (SSSR count). The molecule has 0 aromatic carbocycles. The average molecular weight is 469 g/mol. The Balaban J connectivity index is 0.00000180. The van der Waals surface area contributed by atoms with Gasteiger partial charge in [-0.25, -0.2) is 0 Å². The Kier molecular flexibility index (Phi) is 9.21. The van der Waals surface area contributed by atoms with Crippen LogP contribution in [0.3, 0.4) is 0 Å². The second kappa shape index (κ2) is 8.70. The summed E-state index contributed by atoms with van der Waals surface area (Å²) in [6, 6.07) is 2.76. The van der Waals surface area contributed by atoms with Gasteiger partial charge in [0.15, 0.2) is 0 Å². The fourth-order valence-corrected chi connectivity index (χ4v) is 5.06. The normalized spacial score (nSPS) is 18.1. The van der Waals surface area contributed by atoms with Crippen molar-refractivity contribution in [2.24, 2.45) is 5.41 Å². The highest BCUT2D eigenvalue weighted by Gasteiger charge is 2.33. The van der Waals surface area contributed by atoms with Crippen LogP contribution in [0, 0.1) is 5.41 Å². The lowest BCUT2D eigenvalue weighted by molar-refractivity contribution is 0.0888. The van der Waals surface area contributed by atoms with Gasteiger partial charge in [-0.05, 0) is 43.3 Å². The minimum absolute atomic E-state index is 0. The Hall–Kier alpha value is 1.16. The van der Waals surface area contributed by atoms with E-state index < -0.39 is 0 Å². The van der Waals surface area contributed by atoms with Gasteiger partial charge in [0.2, 0.25) is 0 Å². The maximum Gasteiger partial charge on any atom is 0.0843 e. The summed E-state index contributed by atoms with van der Waals surface area (Å²) in [5.41, 5.74) is 0.251. The largest absolute Gasteiger partial charge is 0.314 e. The summed E-state index contributed by atoms with van der Waals surface area (Å²) in [4.78, 5) is 4.06. The number of thiophene rings is 1. The van der Waals surface area contributed by atoms with Crippen molar-refractivity contribution in [3.63, 3.8) is 0 Å². The summed E-state index contributed by atoms with van der Waals surface area (Å²) in [5.74, 6) is 0. The zero-order valence-corrected chi connectivity index (χ0v) is 17.5. The molecule has 1 atom stereocenters. The molecule has 1 aromatic heterocycles. The molecule has 0 amide bonds. The van der Waals surface area contributed by atoms with Gasteiger partial charge in [0.05, 0.1) is 3.79 Å². The summed E-state index contributed by atoms with van der Waals surface area (Å²) in [7, 11) is 0. The zero-order valence-electron chi connectivity index (χ0n) is 11.9. The van der Waals surface area contributed by atoms with Crippen molar-refractivity contribution in [2.45, 2.75) is 26.8 Å². The van der Waals surface area contributed by atoms with Crippen LogP contribution in [-0.4, -0.2) is 31.1 Å². The van der Waals surface area contributed by atoms with Crippen molar-refractivity contribution in [2.75, 3.05) is 26.2 Å². The average Bonchev–Trinajstić information content (AvgIpc) is 2.58. The topological polar surface area (TPSA) is 15.3 Å². The van der Waals surface area contributed by atoms with Gasteiger partial charge in [0.1, 0.15) is 0 Å². The van der Waals surface area contributed by atoms with E-state index in [2.05, 4.69) is 68.9 Å². The van der Waals surface area contributed by atoms with E-state index >= 15 is 0 Å². The highest BCUT2D eigenvalue weighted by Crippen LogP contribution is 2.44. The monoisotopic (exact) mass is 466 g/mol. The minimum Gasteiger partial charge on any atom is -0.314 e. The van der Waals surface area contributed by atoms with Crippen LogP contribution in [0.25, 0.3) is 0 Å². The first-order valence-electron chi connectivity index (χ1n) is 6.29. The van der Waals surface area contributed by atoms with Gasteiger partial charge in [-0.15, -0.1) is 36.2 Å². The molecular formula is C13H22Br2Cl2N2S. The maximum atomic E-state index is 3.62. The molecule has 0 bridgehead atoms. The molecule has 0 unspecified atom stereocenters. The predicted molar refractivity (Wildman–Crippen MR) is 101 cm³/mol. The third-order valence-electron chi connectivity index (χ3n) is 3.27. The molecule has 2 heterocycles. The fraction of sp³-hybridized carbons (Fsp3) is 0.692. The molecule has 20 heavy (non-hydrogen) atoms. The van der Waals surface area contributed by atoms with Gasteiger partial charge < -0.3 is 5.32 Å². The lowest BCUT2D eigenvalue weighted by Crippen LogP contribution is -2.48. The molecule has 0 aliphatic carbocycles. The predicted octanol–water partition coefficient (Wildman–Crippen LogP) is 5.11. The maximum absolute atomic E-state index is 3.62. The van der Waals surface area contributed by atoms with Gasteiger partial charge in [-0.2, -0.15) is 0 Å². The van der Waals surface area contributed by atoms with E-state index in [1.807, 2.05) is 11.3 Å². The van der Waals surface area contributed by atoms with Crippen molar-refractivity contribution in [1.29, 1.82) is 0 Å². The highest BCUT2D eigenvalue weighted by atomic mass is 79.9. The quantitative estimate of drug-likeness (QED) is 0.648. The molecular weight excluding hydrogens is 447 g/mol. The van der Waals surface area contributed by atoms with Gasteiger partial charge in [-0.3, -0.25) is 4.90 Å². The highest BCUT2D eigenvalue weighted by molar-refractivity contribution is 9.13. The first-order chi connectivity index (χ1) is 8.39. The Labute approximate surface area is 155 Å². The third-order valence-corrected chi connectivity index (χ3v) is 6.58. The van der Waals surface area contributed by atoms with Crippen LogP contribution in [0.2, 0.25) is 0 Å². The fourth-order valence-electron chi connectivity index (χ4n) is 2.59. The van der Waals surface area contributed by atoms with E-state index in [4.69, 9.17) is 0 Å². The molecule has 2 nitrogen and oxygen atoms in total. The van der Waals surface area contributed by atoms with Crippen LogP contribution in [-0.2, 0) is 0 Å². The molecule has 1 fully saturated rings. The van der Waals surface area contributed by atoms with Crippen molar-refractivity contribution in [3.05, 3.63) is 19.2 Å². The number of piperazine rings is 1. The van der Waals surface area contributed by atoms with E-state index in [0.29, 0.717) is 6.04 Å². The molecule has 1 aliphatic heterocycles. The number of hydrogen-bond donors (Lipinski definition) is 1. The van der Waals surface area contributed by atoms with E-state index in [0.717, 1.165) is 26.2 Å².